The third-order valence-electron chi connectivity index (χ3n) is 5.62. The van der Waals surface area contributed by atoms with Crippen LogP contribution >= 0.6 is 0 Å². The second-order valence-corrected chi connectivity index (χ2v) is 10.0. The number of hydrogen-bond acceptors (Lipinski definition) is 6. The molecule has 0 saturated heterocycles. The minimum atomic E-state index is -4.06. The molecule has 36 heavy (non-hydrogen) atoms. The van der Waals surface area contributed by atoms with Crippen molar-refractivity contribution in [2.75, 3.05) is 31.7 Å². The number of anilines is 1. The van der Waals surface area contributed by atoms with Gasteiger partial charge in [0.05, 0.1) is 37.5 Å². The summed E-state index contributed by atoms with van der Waals surface area (Å²) in [6.07, 6.45) is 0. The van der Waals surface area contributed by atoms with E-state index in [1.165, 1.54) is 32.4 Å². The van der Waals surface area contributed by atoms with Crippen LogP contribution in [0.15, 0.2) is 71.6 Å². The number of hydrogen-bond donors (Lipinski definition) is 1. The molecular weight excluding hydrogens is 480 g/mol. The predicted molar refractivity (Wildman–Crippen MR) is 139 cm³/mol. The van der Waals surface area contributed by atoms with Crippen molar-refractivity contribution in [3.63, 3.8) is 0 Å². The average molecular weight is 513 g/mol. The Morgan fingerprint density at radius 1 is 0.944 bits per heavy atom. The minimum Gasteiger partial charge on any atom is -0.494 e. The van der Waals surface area contributed by atoms with Gasteiger partial charge in [-0.1, -0.05) is 29.8 Å². The zero-order valence-electron chi connectivity index (χ0n) is 21.1. The van der Waals surface area contributed by atoms with E-state index in [1.54, 1.807) is 24.3 Å². The number of methoxy groups -OCH3 is 2. The van der Waals surface area contributed by atoms with E-state index < -0.39 is 22.5 Å². The lowest BCUT2D eigenvalue weighted by Gasteiger charge is -2.26. The highest BCUT2D eigenvalue weighted by Gasteiger charge is 2.28. The fourth-order valence-electron chi connectivity index (χ4n) is 3.65. The van der Waals surface area contributed by atoms with Crippen LogP contribution < -0.4 is 23.8 Å². The Morgan fingerprint density at radius 3 is 2.17 bits per heavy atom. The van der Waals surface area contributed by atoms with Gasteiger partial charge in [0, 0.05) is 6.07 Å². The van der Waals surface area contributed by atoms with E-state index in [1.807, 2.05) is 45.0 Å². The fourth-order valence-corrected chi connectivity index (χ4v) is 5.07. The molecule has 0 spiro atoms. The number of rotatable bonds is 11. The summed E-state index contributed by atoms with van der Waals surface area (Å²) in [4.78, 5) is 13.2. The smallest absolute Gasteiger partial charge is 0.264 e. The molecule has 0 aliphatic carbocycles. The molecule has 8 nitrogen and oxygen atoms in total. The van der Waals surface area contributed by atoms with Gasteiger partial charge >= 0.3 is 0 Å². The van der Waals surface area contributed by atoms with Gasteiger partial charge in [-0.3, -0.25) is 9.10 Å². The van der Waals surface area contributed by atoms with Crippen LogP contribution in [0.2, 0.25) is 0 Å². The SMILES string of the molecule is CCOc1ccc([C@@H](C)NC(=O)CN(c2ccc(OC)c(OC)c2)S(=O)(=O)c2ccc(C)cc2)cc1. The van der Waals surface area contributed by atoms with E-state index in [4.69, 9.17) is 14.2 Å². The van der Waals surface area contributed by atoms with Crippen LogP contribution in [0.1, 0.15) is 31.0 Å². The van der Waals surface area contributed by atoms with E-state index in [0.29, 0.717) is 18.1 Å². The van der Waals surface area contributed by atoms with Gasteiger partial charge in [-0.15, -0.1) is 0 Å². The zero-order chi connectivity index (χ0) is 26.3. The Hall–Kier alpha value is -3.72. The van der Waals surface area contributed by atoms with Crippen molar-refractivity contribution in [1.82, 2.24) is 5.32 Å². The van der Waals surface area contributed by atoms with Crippen LogP contribution in [-0.2, 0) is 14.8 Å². The van der Waals surface area contributed by atoms with Crippen molar-refractivity contribution >= 4 is 21.6 Å². The highest BCUT2D eigenvalue weighted by molar-refractivity contribution is 7.92. The van der Waals surface area contributed by atoms with Crippen molar-refractivity contribution in [1.29, 1.82) is 0 Å². The summed E-state index contributed by atoms with van der Waals surface area (Å²) < 4.78 is 44.5. The minimum absolute atomic E-state index is 0.0789. The topological polar surface area (TPSA) is 94.2 Å². The third-order valence-corrected chi connectivity index (χ3v) is 7.41. The number of carbonyl (C=O) groups excluding carboxylic acids is 1. The highest BCUT2D eigenvalue weighted by Crippen LogP contribution is 2.34. The molecule has 1 amide bonds. The molecule has 192 valence electrons. The molecule has 0 saturated carbocycles. The Morgan fingerprint density at radius 2 is 1.58 bits per heavy atom. The molecule has 0 aliphatic heterocycles. The number of amides is 1. The molecule has 0 aliphatic rings. The molecule has 1 N–H and O–H groups in total. The van der Waals surface area contributed by atoms with Crippen LogP contribution in [0.5, 0.6) is 17.2 Å². The fraction of sp³-hybridized carbons (Fsp3) is 0.296. The second kappa shape index (κ2) is 11.8. The Bertz CT molecular complexity index is 1270. The van der Waals surface area contributed by atoms with Crippen molar-refractivity contribution in [3.05, 3.63) is 77.9 Å². The molecule has 9 heteroatoms. The number of nitrogens with zero attached hydrogens (tertiary/aromatic N) is 1. The largest absolute Gasteiger partial charge is 0.494 e. The van der Waals surface area contributed by atoms with Crippen molar-refractivity contribution in [2.45, 2.75) is 31.7 Å². The summed E-state index contributed by atoms with van der Waals surface area (Å²) in [7, 11) is -1.11. The van der Waals surface area contributed by atoms with Crippen molar-refractivity contribution < 1.29 is 27.4 Å². The van der Waals surface area contributed by atoms with Crippen LogP contribution in [-0.4, -0.2) is 41.7 Å². The maximum atomic E-state index is 13.6. The quantitative estimate of drug-likeness (QED) is 0.407. The summed E-state index contributed by atoms with van der Waals surface area (Å²) in [6.45, 7) is 5.76. The van der Waals surface area contributed by atoms with Gasteiger partial charge in [0.1, 0.15) is 12.3 Å². The van der Waals surface area contributed by atoms with Crippen molar-refractivity contribution in [2.24, 2.45) is 0 Å². The second-order valence-electron chi connectivity index (χ2n) is 8.16. The number of ether oxygens (including phenoxy) is 3. The van der Waals surface area contributed by atoms with Crippen molar-refractivity contribution in [3.8, 4) is 17.2 Å². The first-order valence-electron chi connectivity index (χ1n) is 11.5. The van der Waals surface area contributed by atoms with Gasteiger partial charge in [-0.25, -0.2) is 8.42 Å². The molecule has 1 atom stereocenters. The molecule has 0 heterocycles. The van der Waals surface area contributed by atoms with Crippen LogP contribution in [0.4, 0.5) is 5.69 Å². The molecule has 0 aromatic heterocycles. The number of carbonyl (C=O) groups is 1. The number of aryl methyl sites for hydroxylation is 1. The normalized spacial score (nSPS) is 11.9. The predicted octanol–water partition coefficient (Wildman–Crippen LogP) is 4.48. The molecule has 0 bridgehead atoms. The molecule has 0 unspecified atom stereocenters. The molecular formula is C27H32N2O6S. The molecule has 0 radical (unpaired) electrons. The summed E-state index contributed by atoms with van der Waals surface area (Å²) >= 11 is 0. The van der Waals surface area contributed by atoms with E-state index in [2.05, 4.69) is 5.32 Å². The Kier molecular flexibility index (Phi) is 8.82. The first-order chi connectivity index (χ1) is 17.2. The molecule has 3 rings (SSSR count). The number of sulfonamides is 1. The van der Waals surface area contributed by atoms with Gasteiger partial charge in [0.15, 0.2) is 11.5 Å². The van der Waals surface area contributed by atoms with Gasteiger partial charge in [0.25, 0.3) is 10.0 Å². The van der Waals surface area contributed by atoms with Gasteiger partial charge in [-0.2, -0.15) is 0 Å². The summed E-state index contributed by atoms with van der Waals surface area (Å²) in [5, 5.41) is 2.89. The summed E-state index contributed by atoms with van der Waals surface area (Å²) in [6, 6.07) is 18.3. The average Bonchev–Trinajstić information content (AvgIpc) is 2.87. The Labute approximate surface area is 212 Å². The monoisotopic (exact) mass is 512 g/mol. The first-order valence-corrected chi connectivity index (χ1v) is 13.0. The number of benzene rings is 3. The standard InChI is InChI=1S/C27H32N2O6S/c1-6-35-23-12-9-21(10-13-23)20(3)28-27(30)18-29(22-11-16-25(33-4)26(17-22)34-5)36(31,32)24-14-7-19(2)8-15-24/h7-17,20H,6,18H2,1-5H3,(H,28,30)/t20-/m1/s1. The molecule has 3 aromatic rings. The van der Waals surface area contributed by atoms with Gasteiger partial charge in [0.2, 0.25) is 5.91 Å². The first kappa shape index (κ1) is 26.9. The van der Waals surface area contributed by atoms with Crippen LogP contribution in [0.3, 0.4) is 0 Å². The summed E-state index contributed by atoms with van der Waals surface area (Å²) in [5.41, 5.74) is 2.07. The highest BCUT2D eigenvalue weighted by atomic mass is 32.2. The number of nitrogens with one attached hydrogen (secondary N) is 1. The van der Waals surface area contributed by atoms with Crippen LogP contribution in [0.25, 0.3) is 0 Å². The van der Waals surface area contributed by atoms with Gasteiger partial charge in [-0.05, 0) is 62.7 Å². The zero-order valence-corrected chi connectivity index (χ0v) is 22.0. The lowest BCUT2D eigenvalue weighted by molar-refractivity contribution is -0.120. The summed E-state index contributed by atoms with van der Waals surface area (Å²) in [5.74, 6) is 1.08. The third kappa shape index (κ3) is 6.28. The Balaban J connectivity index is 1.90. The van der Waals surface area contributed by atoms with E-state index in [0.717, 1.165) is 21.2 Å². The van der Waals surface area contributed by atoms with Gasteiger partial charge < -0.3 is 19.5 Å². The molecule has 3 aromatic carbocycles. The van der Waals surface area contributed by atoms with E-state index >= 15 is 0 Å². The van der Waals surface area contributed by atoms with E-state index in [9.17, 15) is 13.2 Å². The lowest BCUT2D eigenvalue weighted by Crippen LogP contribution is -2.41. The van der Waals surface area contributed by atoms with E-state index in [-0.39, 0.29) is 16.6 Å². The van der Waals surface area contributed by atoms with Crippen LogP contribution in [0, 0.1) is 6.92 Å². The molecule has 0 fully saturated rings. The lowest BCUT2D eigenvalue weighted by atomic mass is 10.1. The maximum Gasteiger partial charge on any atom is 0.264 e. The maximum absolute atomic E-state index is 13.6.